The normalized spacial score (nSPS) is 14.7. The Morgan fingerprint density at radius 1 is 0.252 bits per heavy atom. The van der Waals surface area contributed by atoms with Crippen LogP contribution in [-0.2, 0) is 55.8 Å². The monoisotopic (exact) mass is 1640 g/mol. The number of rotatable bonds is 83. The number of aliphatic hydroxyl groups is 2. The van der Waals surface area contributed by atoms with Crippen LogP contribution in [-0.4, -0.2) is 95.9 Å². The van der Waals surface area contributed by atoms with Crippen molar-refractivity contribution in [3.63, 3.8) is 0 Å². The van der Waals surface area contributed by atoms with Crippen LogP contribution in [0, 0.1) is 0 Å². The average Bonchev–Trinajstić information content (AvgIpc) is 0.900. The highest BCUT2D eigenvalue weighted by Gasteiger charge is 2.29. The van der Waals surface area contributed by atoms with Crippen molar-refractivity contribution in [3.8, 4) is 0 Å². The standard InChI is InChI=1S/C97H160O16P2/c1-4-7-10-13-16-19-22-25-28-31-34-37-40-42-44-45-47-49-51-53-56-59-62-65-68-71-74-77-80-83-95(100)107-86-92(98)87-109-114(103,104)110-88-93(99)89-111-115(105,106)112-91-94(113-97(102)85-82-79-76-73-70-67-64-61-58-55-50-39-36-33-30-27-24-21-18-15-12-9-6-3)90-108-96(101)84-81-78-75-72-69-66-63-60-57-54-52-48-46-43-41-38-35-32-29-26-23-20-17-14-11-8-5-2/h8-9,11-12,16-21,25-30,34-39,42-44,46,52,54-55,58,64,67,92-94,98-99H,4-7,10,13-15,22-24,31-33,40-41,45,47-51,53,56-57,59-63,65-66,68-91H2,1-3H3,(H,103,104)(H,105,106)/b11-8-,12-9-,19-16-,20-17-,21-18-,28-25-,29-26-,30-27-,37-34-,38-35-,39-36-,44-42-,46-43-,54-52-,58-55-,67-64-. The Balaban J connectivity index is 4.70. The summed E-state index contributed by atoms with van der Waals surface area (Å²) in [5.41, 5.74) is 0. The molecule has 0 saturated carbocycles. The van der Waals surface area contributed by atoms with Crippen molar-refractivity contribution in [1.29, 1.82) is 0 Å². The van der Waals surface area contributed by atoms with Crippen LogP contribution in [0.15, 0.2) is 194 Å². The van der Waals surface area contributed by atoms with E-state index in [-0.39, 0.29) is 19.3 Å². The fourth-order valence-electron chi connectivity index (χ4n) is 11.6. The zero-order valence-electron chi connectivity index (χ0n) is 71.9. The first kappa shape index (κ1) is 109. The number of hydrogen-bond acceptors (Lipinski definition) is 14. The third-order valence-corrected chi connectivity index (χ3v) is 20.2. The van der Waals surface area contributed by atoms with E-state index in [2.05, 4.69) is 215 Å². The van der Waals surface area contributed by atoms with Crippen molar-refractivity contribution in [2.45, 2.75) is 360 Å². The number of allylic oxidation sites excluding steroid dienone is 32. The van der Waals surface area contributed by atoms with Crippen LogP contribution in [0.4, 0.5) is 0 Å². The number of unbranched alkanes of at least 4 members (excludes halogenated alkanes) is 28. The minimum Gasteiger partial charge on any atom is -0.463 e. The first-order valence-corrected chi connectivity index (χ1v) is 47.7. The molecule has 5 atom stereocenters. The van der Waals surface area contributed by atoms with Crippen molar-refractivity contribution < 1.29 is 75.8 Å². The molecule has 0 aromatic heterocycles. The zero-order chi connectivity index (χ0) is 83.6. The van der Waals surface area contributed by atoms with Gasteiger partial charge in [0.25, 0.3) is 0 Å². The number of esters is 3. The van der Waals surface area contributed by atoms with E-state index in [1.807, 2.05) is 0 Å². The zero-order valence-corrected chi connectivity index (χ0v) is 73.7. The molecular formula is C97H160O16P2. The summed E-state index contributed by atoms with van der Waals surface area (Å²) in [6, 6.07) is 0. The third kappa shape index (κ3) is 89.0. The first-order valence-electron chi connectivity index (χ1n) is 44.7. The molecule has 0 fully saturated rings. The first-order chi connectivity index (χ1) is 56.2. The van der Waals surface area contributed by atoms with Gasteiger partial charge in [-0.2, -0.15) is 0 Å². The summed E-state index contributed by atoms with van der Waals surface area (Å²) >= 11 is 0. The molecule has 0 spiro atoms. The van der Waals surface area contributed by atoms with Gasteiger partial charge in [-0.15, -0.1) is 0 Å². The van der Waals surface area contributed by atoms with Crippen molar-refractivity contribution in [2.24, 2.45) is 0 Å². The minimum atomic E-state index is -4.96. The summed E-state index contributed by atoms with van der Waals surface area (Å²) < 4.78 is 61.4. The Morgan fingerprint density at radius 3 is 0.730 bits per heavy atom. The maximum Gasteiger partial charge on any atom is 0.472 e. The lowest BCUT2D eigenvalue weighted by atomic mass is 10.0. The van der Waals surface area contributed by atoms with Crippen molar-refractivity contribution in [2.75, 3.05) is 39.6 Å². The molecule has 654 valence electrons. The second-order valence-electron chi connectivity index (χ2n) is 29.3. The van der Waals surface area contributed by atoms with E-state index < -0.39 is 91.5 Å². The van der Waals surface area contributed by atoms with Gasteiger partial charge < -0.3 is 34.2 Å². The lowest BCUT2D eigenvalue weighted by molar-refractivity contribution is -0.161. The second-order valence-corrected chi connectivity index (χ2v) is 32.2. The van der Waals surface area contributed by atoms with Crippen LogP contribution in [0.25, 0.3) is 0 Å². The van der Waals surface area contributed by atoms with Gasteiger partial charge in [0.05, 0.1) is 26.4 Å². The van der Waals surface area contributed by atoms with Gasteiger partial charge in [-0.1, -0.05) is 350 Å². The van der Waals surface area contributed by atoms with E-state index in [1.165, 1.54) is 89.9 Å². The van der Waals surface area contributed by atoms with Crippen LogP contribution in [0.5, 0.6) is 0 Å². The van der Waals surface area contributed by atoms with Gasteiger partial charge in [-0.05, 0) is 167 Å². The van der Waals surface area contributed by atoms with Gasteiger partial charge in [-0.3, -0.25) is 32.5 Å². The SMILES string of the molecule is CC/C=C\C/C=C\C/C=C\C/C=C\C/C=C\C/C=C\CCCCCCCCCCC(=O)OCC(COP(=O)(O)OCC(O)COP(=O)(O)OCC(O)COC(=O)CCCCCCCCCCCCCCC/C=C\C/C=C\C/C=C\C/C=C\CCCCC)OC(=O)CCCCCC/C=C\C/C=C\C/C=C\C/C=C\C/C=C\C/C=C\CC. The molecule has 0 heterocycles. The number of phosphoric ester groups is 2. The van der Waals surface area contributed by atoms with E-state index in [1.54, 1.807) is 0 Å². The van der Waals surface area contributed by atoms with Crippen LogP contribution in [0.3, 0.4) is 0 Å². The predicted octanol–water partition coefficient (Wildman–Crippen LogP) is 27.4. The number of aliphatic hydroxyl groups excluding tert-OH is 2. The molecule has 0 aromatic rings. The molecule has 0 amide bonds. The van der Waals surface area contributed by atoms with E-state index in [0.29, 0.717) is 19.3 Å². The number of phosphoric acid groups is 2. The smallest absolute Gasteiger partial charge is 0.463 e. The predicted molar refractivity (Wildman–Crippen MR) is 481 cm³/mol. The van der Waals surface area contributed by atoms with Gasteiger partial charge in [0.15, 0.2) is 6.10 Å². The highest BCUT2D eigenvalue weighted by Crippen LogP contribution is 2.45. The molecule has 0 aromatic carbocycles. The molecule has 115 heavy (non-hydrogen) atoms. The van der Waals surface area contributed by atoms with Crippen LogP contribution in [0.2, 0.25) is 0 Å². The number of hydrogen-bond donors (Lipinski definition) is 4. The second kappa shape index (κ2) is 87.7. The summed E-state index contributed by atoms with van der Waals surface area (Å²) in [5, 5.41) is 20.7. The molecule has 0 rings (SSSR count). The molecule has 0 saturated heterocycles. The Labute approximate surface area is 699 Å². The highest BCUT2D eigenvalue weighted by atomic mass is 31.2. The van der Waals surface area contributed by atoms with Gasteiger partial charge in [0.2, 0.25) is 0 Å². The third-order valence-electron chi connectivity index (χ3n) is 18.3. The van der Waals surface area contributed by atoms with Crippen LogP contribution >= 0.6 is 15.6 Å². The molecular weight excluding hydrogens is 1480 g/mol. The van der Waals surface area contributed by atoms with Crippen molar-refractivity contribution >= 4 is 33.6 Å². The van der Waals surface area contributed by atoms with Crippen molar-refractivity contribution in [1.82, 2.24) is 0 Å². The molecule has 16 nitrogen and oxygen atoms in total. The van der Waals surface area contributed by atoms with Crippen LogP contribution < -0.4 is 0 Å². The van der Waals surface area contributed by atoms with E-state index >= 15 is 0 Å². The molecule has 0 aliphatic heterocycles. The molecule has 0 aliphatic rings. The lowest BCUT2D eigenvalue weighted by Crippen LogP contribution is -2.30. The quantitative estimate of drug-likeness (QED) is 0.0146. The largest absolute Gasteiger partial charge is 0.472 e. The number of ether oxygens (including phenoxy) is 3. The van der Waals surface area contributed by atoms with E-state index in [0.717, 1.165) is 193 Å². The van der Waals surface area contributed by atoms with Gasteiger partial charge in [-0.25, -0.2) is 9.13 Å². The van der Waals surface area contributed by atoms with Crippen molar-refractivity contribution in [3.05, 3.63) is 194 Å². The van der Waals surface area contributed by atoms with Crippen LogP contribution in [0.1, 0.15) is 342 Å². The summed E-state index contributed by atoms with van der Waals surface area (Å²) in [4.78, 5) is 59.0. The molecule has 18 heteroatoms. The Hall–Kier alpha value is -5.61. The molecule has 0 bridgehead atoms. The van der Waals surface area contributed by atoms with Gasteiger partial charge >= 0.3 is 33.6 Å². The maximum absolute atomic E-state index is 13.1. The topological polar surface area (TPSA) is 231 Å². The maximum atomic E-state index is 13.1. The summed E-state index contributed by atoms with van der Waals surface area (Å²) in [5.74, 6) is -1.62. The average molecular weight is 1640 g/mol. The van der Waals surface area contributed by atoms with E-state index in [9.17, 15) is 43.5 Å². The molecule has 5 unspecified atom stereocenters. The minimum absolute atomic E-state index is 0.0649. The lowest BCUT2D eigenvalue weighted by Gasteiger charge is -2.21. The molecule has 0 aliphatic carbocycles. The Bertz CT molecular complexity index is 2870. The fourth-order valence-corrected chi connectivity index (χ4v) is 13.1. The number of carbonyl (C=O) groups is 3. The summed E-state index contributed by atoms with van der Waals surface area (Å²) in [7, 11) is -9.83. The highest BCUT2D eigenvalue weighted by molar-refractivity contribution is 7.47. The summed E-state index contributed by atoms with van der Waals surface area (Å²) in [6.45, 7) is 2.40. The summed E-state index contributed by atoms with van der Waals surface area (Å²) in [6.07, 6.45) is 116. The van der Waals surface area contributed by atoms with Gasteiger partial charge in [0, 0.05) is 19.3 Å². The Kier molecular flexibility index (Phi) is 83.4. The van der Waals surface area contributed by atoms with E-state index in [4.69, 9.17) is 32.3 Å². The Morgan fingerprint density at radius 2 is 0.461 bits per heavy atom. The molecule has 0 radical (unpaired) electrons. The fraction of sp³-hybridized carbons (Fsp3) is 0.639. The van der Waals surface area contributed by atoms with Gasteiger partial charge in [0.1, 0.15) is 25.4 Å². The molecule has 4 N–H and O–H groups in total. The number of carbonyl (C=O) groups excluding carboxylic acids is 3.